The molecule has 0 aliphatic carbocycles. The van der Waals surface area contributed by atoms with Gasteiger partial charge in [-0.1, -0.05) is 36.4 Å². The molecule has 0 bridgehead atoms. The summed E-state index contributed by atoms with van der Waals surface area (Å²) in [4.78, 5) is 21.5. The quantitative estimate of drug-likeness (QED) is 0.575. The minimum atomic E-state index is -0.501. The Morgan fingerprint density at radius 1 is 1.04 bits per heavy atom. The lowest BCUT2D eigenvalue weighted by Gasteiger charge is -2.16. The third kappa shape index (κ3) is 3.30. The van der Waals surface area contributed by atoms with Gasteiger partial charge in [0.1, 0.15) is 0 Å². The highest BCUT2D eigenvalue weighted by molar-refractivity contribution is 5.94. The number of aliphatic hydroxyl groups is 1. The van der Waals surface area contributed by atoms with Gasteiger partial charge in [-0.3, -0.25) is 14.2 Å². The zero-order valence-corrected chi connectivity index (χ0v) is 14.5. The van der Waals surface area contributed by atoms with Crippen molar-refractivity contribution in [3.05, 3.63) is 90.6 Å². The van der Waals surface area contributed by atoms with Crippen LogP contribution in [0.25, 0.3) is 16.8 Å². The van der Waals surface area contributed by atoms with Crippen LogP contribution in [0.2, 0.25) is 0 Å². The van der Waals surface area contributed by atoms with E-state index in [-0.39, 0.29) is 18.3 Å². The number of nitrogens with zero attached hydrogens (tertiary/aromatic N) is 3. The molecule has 1 atom stereocenters. The predicted octanol–water partition coefficient (Wildman–Crippen LogP) is 2.86. The SMILES string of the molecule is O=C(N[C@@H](CO)c1ccccc1)c1nc(-c2ccncc2)c2ccccn12. The van der Waals surface area contributed by atoms with E-state index in [9.17, 15) is 9.90 Å². The second-order valence-electron chi connectivity index (χ2n) is 6.10. The molecule has 4 aromatic rings. The van der Waals surface area contributed by atoms with Crippen molar-refractivity contribution in [2.45, 2.75) is 6.04 Å². The molecule has 1 aromatic carbocycles. The van der Waals surface area contributed by atoms with E-state index in [0.29, 0.717) is 5.69 Å². The number of imidazole rings is 1. The first kappa shape index (κ1) is 16.9. The van der Waals surface area contributed by atoms with Gasteiger partial charge in [-0.25, -0.2) is 4.98 Å². The van der Waals surface area contributed by atoms with Crippen LogP contribution < -0.4 is 5.32 Å². The molecule has 0 fully saturated rings. The van der Waals surface area contributed by atoms with Crippen LogP contribution in [-0.4, -0.2) is 32.0 Å². The number of hydrogen-bond acceptors (Lipinski definition) is 4. The number of hydrogen-bond donors (Lipinski definition) is 2. The summed E-state index contributed by atoms with van der Waals surface area (Å²) >= 11 is 0. The summed E-state index contributed by atoms with van der Waals surface area (Å²) in [5.74, 6) is -0.0776. The number of rotatable bonds is 5. The maximum Gasteiger partial charge on any atom is 0.288 e. The molecule has 0 aliphatic rings. The molecule has 0 saturated heterocycles. The third-order valence-corrected chi connectivity index (χ3v) is 4.40. The van der Waals surface area contributed by atoms with Crippen molar-refractivity contribution in [1.82, 2.24) is 19.7 Å². The minimum absolute atomic E-state index is 0.198. The first-order valence-electron chi connectivity index (χ1n) is 8.62. The van der Waals surface area contributed by atoms with E-state index in [1.807, 2.05) is 60.7 Å². The number of benzene rings is 1. The van der Waals surface area contributed by atoms with Gasteiger partial charge in [0.25, 0.3) is 5.91 Å². The predicted molar refractivity (Wildman–Crippen MR) is 102 cm³/mol. The Balaban J connectivity index is 1.72. The summed E-state index contributed by atoms with van der Waals surface area (Å²) in [5.41, 5.74) is 3.26. The number of amides is 1. The van der Waals surface area contributed by atoms with Gasteiger partial charge in [0, 0.05) is 24.2 Å². The molecule has 0 spiro atoms. The molecule has 134 valence electrons. The molecule has 27 heavy (non-hydrogen) atoms. The molecule has 0 radical (unpaired) electrons. The van der Waals surface area contributed by atoms with Crippen molar-refractivity contribution >= 4 is 11.4 Å². The number of aromatic nitrogens is 3. The number of fused-ring (bicyclic) bond motifs is 1. The van der Waals surface area contributed by atoms with Gasteiger partial charge in [-0.2, -0.15) is 0 Å². The second kappa shape index (κ2) is 7.39. The summed E-state index contributed by atoms with van der Waals surface area (Å²) < 4.78 is 1.75. The topological polar surface area (TPSA) is 79.5 Å². The molecule has 0 saturated carbocycles. The normalized spacial score (nSPS) is 12.0. The van der Waals surface area contributed by atoms with Crippen LogP contribution in [0.15, 0.2) is 79.3 Å². The summed E-state index contributed by atoms with van der Waals surface area (Å²) in [6.45, 7) is -0.198. The van der Waals surface area contributed by atoms with Crippen molar-refractivity contribution in [1.29, 1.82) is 0 Å². The van der Waals surface area contributed by atoms with Crippen LogP contribution in [0, 0.1) is 0 Å². The molecule has 0 unspecified atom stereocenters. The lowest BCUT2D eigenvalue weighted by Crippen LogP contribution is -2.32. The third-order valence-electron chi connectivity index (χ3n) is 4.40. The Bertz CT molecular complexity index is 1060. The fourth-order valence-electron chi connectivity index (χ4n) is 3.06. The van der Waals surface area contributed by atoms with Crippen LogP contribution in [0.1, 0.15) is 22.2 Å². The molecule has 3 aromatic heterocycles. The van der Waals surface area contributed by atoms with Crippen LogP contribution in [0.5, 0.6) is 0 Å². The molecule has 3 heterocycles. The Morgan fingerprint density at radius 3 is 2.52 bits per heavy atom. The summed E-state index contributed by atoms with van der Waals surface area (Å²) in [6, 6.07) is 18.3. The number of pyridine rings is 2. The fourth-order valence-corrected chi connectivity index (χ4v) is 3.06. The Hall–Kier alpha value is -3.51. The van der Waals surface area contributed by atoms with Crippen LogP contribution in [-0.2, 0) is 0 Å². The van der Waals surface area contributed by atoms with Gasteiger partial charge in [-0.15, -0.1) is 0 Å². The summed E-state index contributed by atoms with van der Waals surface area (Å²) in [7, 11) is 0. The lowest BCUT2D eigenvalue weighted by atomic mass is 10.1. The molecular weight excluding hydrogens is 340 g/mol. The molecule has 6 nitrogen and oxygen atoms in total. The van der Waals surface area contributed by atoms with Gasteiger partial charge in [0.2, 0.25) is 5.82 Å². The van der Waals surface area contributed by atoms with Crippen LogP contribution in [0.3, 0.4) is 0 Å². The minimum Gasteiger partial charge on any atom is -0.394 e. The second-order valence-corrected chi connectivity index (χ2v) is 6.10. The van der Waals surface area contributed by atoms with E-state index in [0.717, 1.165) is 16.6 Å². The van der Waals surface area contributed by atoms with E-state index in [1.165, 1.54) is 0 Å². The smallest absolute Gasteiger partial charge is 0.288 e. The van der Waals surface area contributed by atoms with Gasteiger partial charge >= 0.3 is 0 Å². The summed E-state index contributed by atoms with van der Waals surface area (Å²) in [5, 5.41) is 12.6. The molecular formula is C21H18N4O2. The average molecular weight is 358 g/mol. The van der Waals surface area contributed by atoms with E-state index in [2.05, 4.69) is 15.3 Å². The van der Waals surface area contributed by atoms with E-state index < -0.39 is 6.04 Å². The highest BCUT2D eigenvalue weighted by Gasteiger charge is 2.21. The van der Waals surface area contributed by atoms with E-state index in [4.69, 9.17) is 0 Å². The summed E-state index contributed by atoms with van der Waals surface area (Å²) in [6.07, 6.45) is 5.19. The Labute approximate surface area is 156 Å². The standard InChI is InChI=1S/C21H18N4O2/c26-14-17(15-6-2-1-3-7-15)23-21(27)20-24-19(16-9-11-22-12-10-16)18-8-4-5-13-25(18)20/h1-13,17,26H,14H2,(H,23,27)/t17-/m0/s1. The van der Waals surface area contributed by atoms with Crippen LogP contribution in [0.4, 0.5) is 0 Å². The molecule has 6 heteroatoms. The zero-order chi connectivity index (χ0) is 18.6. The first-order chi connectivity index (χ1) is 13.3. The lowest BCUT2D eigenvalue weighted by molar-refractivity contribution is 0.0905. The van der Waals surface area contributed by atoms with Gasteiger partial charge in [0.05, 0.1) is 23.9 Å². The monoisotopic (exact) mass is 358 g/mol. The molecule has 4 rings (SSSR count). The maximum atomic E-state index is 12.9. The van der Waals surface area contributed by atoms with Gasteiger partial charge in [0.15, 0.2) is 0 Å². The van der Waals surface area contributed by atoms with Crippen LogP contribution >= 0.6 is 0 Å². The molecule has 0 aliphatic heterocycles. The van der Waals surface area contributed by atoms with Crippen molar-refractivity contribution in [3.8, 4) is 11.3 Å². The number of nitrogens with one attached hydrogen (secondary N) is 1. The average Bonchev–Trinajstić information content (AvgIpc) is 3.13. The van der Waals surface area contributed by atoms with E-state index in [1.54, 1.807) is 23.0 Å². The molecule has 1 amide bonds. The largest absolute Gasteiger partial charge is 0.394 e. The zero-order valence-electron chi connectivity index (χ0n) is 14.5. The van der Waals surface area contributed by atoms with Crippen molar-refractivity contribution < 1.29 is 9.90 Å². The van der Waals surface area contributed by atoms with Crippen molar-refractivity contribution in [2.24, 2.45) is 0 Å². The number of aliphatic hydroxyl groups excluding tert-OH is 1. The highest BCUT2D eigenvalue weighted by Crippen LogP contribution is 2.24. The van der Waals surface area contributed by atoms with Crippen molar-refractivity contribution in [2.75, 3.05) is 6.61 Å². The molecule has 2 N–H and O–H groups in total. The van der Waals surface area contributed by atoms with Gasteiger partial charge < -0.3 is 10.4 Å². The van der Waals surface area contributed by atoms with E-state index >= 15 is 0 Å². The maximum absolute atomic E-state index is 12.9. The fraction of sp³-hybridized carbons (Fsp3) is 0.0952. The Kier molecular flexibility index (Phi) is 4.63. The Morgan fingerprint density at radius 2 is 1.78 bits per heavy atom. The highest BCUT2D eigenvalue weighted by atomic mass is 16.3. The number of carbonyl (C=O) groups excluding carboxylic acids is 1. The van der Waals surface area contributed by atoms with Crippen molar-refractivity contribution in [3.63, 3.8) is 0 Å². The number of carbonyl (C=O) groups is 1. The van der Waals surface area contributed by atoms with Gasteiger partial charge in [-0.05, 0) is 29.8 Å². The first-order valence-corrected chi connectivity index (χ1v) is 8.62.